The highest BCUT2D eigenvalue weighted by Crippen LogP contribution is 2.21. The maximum absolute atomic E-state index is 14.7. The number of nitrogens with one attached hydrogen (secondary N) is 1. The first kappa shape index (κ1) is 22.0. The van der Waals surface area contributed by atoms with E-state index in [2.05, 4.69) is 20.2 Å². The van der Waals surface area contributed by atoms with Crippen LogP contribution in [0, 0.1) is 12.7 Å². The summed E-state index contributed by atoms with van der Waals surface area (Å²) < 4.78 is 20.1. The van der Waals surface area contributed by atoms with Gasteiger partial charge in [0.05, 0.1) is 25.2 Å². The molecule has 0 bridgehead atoms. The Hall–Kier alpha value is -3.16. The molecule has 1 aliphatic rings. The number of benzene rings is 2. The van der Waals surface area contributed by atoms with Gasteiger partial charge in [-0.15, -0.1) is 0 Å². The van der Waals surface area contributed by atoms with Crippen molar-refractivity contribution in [1.82, 2.24) is 20.2 Å². The maximum Gasteiger partial charge on any atom is 0.224 e. The number of hydrogen-bond donors (Lipinski definition) is 1. The predicted octanol–water partition coefficient (Wildman–Crippen LogP) is 3.28. The molecule has 0 atom stereocenters. The molecule has 7 heteroatoms. The molecule has 1 amide bonds. The Labute approximate surface area is 187 Å². The van der Waals surface area contributed by atoms with E-state index in [0.717, 1.165) is 29.8 Å². The van der Waals surface area contributed by atoms with Crippen LogP contribution in [0.4, 0.5) is 4.39 Å². The van der Waals surface area contributed by atoms with Crippen LogP contribution in [0.3, 0.4) is 0 Å². The van der Waals surface area contributed by atoms with E-state index in [-0.39, 0.29) is 18.1 Å². The van der Waals surface area contributed by atoms with E-state index in [0.29, 0.717) is 43.3 Å². The first-order valence-electron chi connectivity index (χ1n) is 10.8. The summed E-state index contributed by atoms with van der Waals surface area (Å²) in [7, 11) is 0. The molecule has 0 unspecified atom stereocenters. The molecular formula is C25H27FN4O2. The van der Waals surface area contributed by atoms with Crippen LogP contribution in [0.2, 0.25) is 0 Å². The van der Waals surface area contributed by atoms with Crippen molar-refractivity contribution in [2.24, 2.45) is 0 Å². The summed E-state index contributed by atoms with van der Waals surface area (Å²) in [5, 5.41) is 2.90. The molecule has 2 heterocycles. The molecule has 0 spiro atoms. The quantitative estimate of drug-likeness (QED) is 0.618. The fourth-order valence-electron chi connectivity index (χ4n) is 3.71. The lowest BCUT2D eigenvalue weighted by Gasteiger charge is -2.26. The minimum atomic E-state index is -0.348. The first-order valence-corrected chi connectivity index (χ1v) is 10.8. The molecule has 32 heavy (non-hydrogen) atoms. The van der Waals surface area contributed by atoms with Crippen LogP contribution in [0.1, 0.15) is 22.3 Å². The zero-order valence-corrected chi connectivity index (χ0v) is 18.2. The number of nitrogens with zero attached hydrogens (tertiary/aromatic N) is 3. The molecule has 3 aromatic rings. The van der Waals surface area contributed by atoms with Crippen LogP contribution in [0.5, 0.6) is 0 Å². The van der Waals surface area contributed by atoms with Crippen molar-refractivity contribution >= 4 is 5.91 Å². The van der Waals surface area contributed by atoms with Crippen molar-refractivity contribution < 1.29 is 13.9 Å². The number of carbonyl (C=O) groups is 1. The van der Waals surface area contributed by atoms with E-state index in [1.54, 1.807) is 24.5 Å². The number of halogens is 1. The second-order valence-corrected chi connectivity index (χ2v) is 8.06. The highest BCUT2D eigenvalue weighted by molar-refractivity contribution is 5.78. The normalized spacial score (nSPS) is 14.3. The van der Waals surface area contributed by atoms with E-state index in [1.165, 1.54) is 0 Å². The van der Waals surface area contributed by atoms with Gasteiger partial charge in [-0.25, -0.2) is 14.4 Å². The van der Waals surface area contributed by atoms with Crippen molar-refractivity contribution in [3.8, 4) is 11.4 Å². The Morgan fingerprint density at radius 1 is 1.06 bits per heavy atom. The summed E-state index contributed by atoms with van der Waals surface area (Å²) in [6.07, 6.45) is 3.33. The molecule has 1 fully saturated rings. The van der Waals surface area contributed by atoms with Crippen LogP contribution in [0.25, 0.3) is 11.4 Å². The SMILES string of the molecule is Cc1cccc(CNC(=O)Cc2cnc(-c3ccc(CN4CCOCC4)cc3F)nc2)c1. The fraction of sp³-hybridized carbons (Fsp3) is 0.320. The number of amides is 1. The van der Waals surface area contributed by atoms with Gasteiger partial charge in [0.25, 0.3) is 0 Å². The smallest absolute Gasteiger partial charge is 0.224 e. The van der Waals surface area contributed by atoms with Crippen LogP contribution in [-0.2, 0) is 29.0 Å². The lowest BCUT2D eigenvalue weighted by atomic mass is 10.1. The maximum atomic E-state index is 14.7. The van der Waals surface area contributed by atoms with Gasteiger partial charge >= 0.3 is 0 Å². The van der Waals surface area contributed by atoms with Crippen LogP contribution >= 0.6 is 0 Å². The van der Waals surface area contributed by atoms with Crippen molar-refractivity contribution in [1.29, 1.82) is 0 Å². The molecular weight excluding hydrogens is 407 g/mol. The zero-order valence-electron chi connectivity index (χ0n) is 18.2. The Balaban J connectivity index is 1.34. The molecule has 4 rings (SSSR count). The lowest BCUT2D eigenvalue weighted by Crippen LogP contribution is -2.35. The molecule has 1 aliphatic heterocycles. The van der Waals surface area contributed by atoms with Gasteiger partial charge in [-0.2, -0.15) is 0 Å². The predicted molar refractivity (Wildman–Crippen MR) is 120 cm³/mol. The van der Waals surface area contributed by atoms with E-state index in [1.807, 2.05) is 37.3 Å². The average molecular weight is 435 g/mol. The second kappa shape index (κ2) is 10.4. The Morgan fingerprint density at radius 2 is 1.84 bits per heavy atom. The Bertz CT molecular complexity index is 1070. The number of hydrogen-bond acceptors (Lipinski definition) is 5. The minimum Gasteiger partial charge on any atom is -0.379 e. The van der Waals surface area contributed by atoms with Gasteiger partial charge in [0.2, 0.25) is 5.91 Å². The summed E-state index contributed by atoms with van der Waals surface area (Å²) in [6, 6.07) is 13.2. The minimum absolute atomic E-state index is 0.110. The van der Waals surface area contributed by atoms with Crippen molar-refractivity contribution in [2.45, 2.75) is 26.4 Å². The molecule has 1 saturated heterocycles. The topological polar surface area (TPSA) is 67.4 Å². The summed E-state index contributed by atoms with van der Waals surface area (Å²) >= 11 is 0. The van der Waals surface area contributed by atoms with E-state index >= 15 is 0 Å². The van der Waals surface area contributed by atoms with E-state index in [9.17, 15) is 9.18 Å². The van der Waals surface area contributed by atoms with Gasteiger partial charge in [0, 0.05) is 38.6 Å². The third-order valence-corrected chi connectivity index (χ3v) is 5.43. The molecule has 1 N–H and O–H groups in total. The van der Waals surface area contributed by atoms with Gasteiger partial charge in [-0.05, 0) is 35.7 Å². The third kappa shape index (κ3) is 5.96. The lowest BCUT2D eigenvalue weighted by molar-refractivity contribution is -0.120. The standard InChI is InChI=1S/C25H27FN4O2/c1-18-3-2-4-19(11-18)14-27-24(31)13-21-15-28-25(29-16-21)22-6-5-20(12-23(22)26)17-30-7-9-32-10-8-30/h2-6,11-12,15-16H,7-10,13-14,17H2,1H3,(H,27,31). The zero-order chi connectivity index (χ0) is 22.3. The summed E-state index contributed by atoms with van der Waals surface area (Å²) in [5.41, 5.74) is 4.15. The molecule has 166 valence electrons. The molecule has 1 aromatic heterocycles. The fourth-order valence-corrected chi connectivity index (χ4v) is 3.71. The molecule has 6 nitrogen and oxygen atoms in total. The molecule has 0 radical (unpaired) electrons. The van der Waals surface area contributed by atoms with Gasteiger partial charge in [-0.1, -0.05) is 35.9 Å². The van der Waals surface area contributed by atoms with Crippen LogP contribution in [-0.4, -0.2) is 47.1 Å². The number of morpholine rings is 1. The van der Waals surface area contributed by atoms with Crippen LogP contribution in [0.15, 0.2) is 54.9 Å². The summed E-state index contributed by atoms with van der Waals surface area (Å²) in [5.74, 6) is -0.148. The number of ether oxygens (including phenoxy) is 1. The van der Waals surface area contributed by atoms with Gasteiger partial charge in [0.1, 0.15) is 5.82 Å². The molecule has 0 saturated carbocycles. The first-order chi connectivity index (χ1) is 15.6. The summed E-state index contributed by atoms with van der Waals surface area (Å²) in [6.45, 7) is 6.32. The highest BCUT2D eigenvalue weighted by Gasteiger charge is 2.14. The third-order valence-electron chi connectivity index (χ3n) is 5.43. The van der Waals surface area contributed by atoms with E-state index in [4.69, 9.17) is 4.74 Å². The van der Waals surface area contributed by atoms with Gasteiger partial charge in [-0.3, -0.25) is 9.69 Å². The average Bonchev–Trinajstić information content (AvgIpc) is 2.79. The second-order valence-electron chi connectivity index (χ2n) is 8.06. The Morgan fingerprint density at radius 3 is 2.56 bits per heavy atom. The molecule has 2 aromatic carbocycles. The number of rotatable bonds is 7. The Kier molecular flexibility index (Phi) is 7.19. The van der Waals surface area contributed by atoms with E-state index < -0.39 is 0 Å². The van der Waals surface area contributed by atoms with Crippen molar-refractivity contribution in [2.75, 3.05) is 26.3 Å². The number of aryl methyl sites for hydroxylation is 1. The largest absolute Gasteiger partial charge is 0.379 e. The highest BCUT2D eigenvalue weighted by atomic mass is 19.1. The monoisotopic (exact) mass is 434 g/mol. The van der Waals surface area contributed by atoms with Gasteiger partial charge in [0.15, 0.2) is 5.82 Å². The van der Waals surface area contributed by atoms with Crippen LogP contribution < -0.4 is 5.32 Å². The molecule has 0 aliphatic carbocycles. The van der Waals surface area contributed by atoms with Crippen molar-refractivity contribution in [3.05, 3.63) is 82.9 Å². The number of aromatic nitrogens is 2. The summed E-state index contributed by atoms with van der Waals surface area (Å²) in [4.78, 5) is 23.0. The number of carbonyl (C=O) groups excluding carboxylic acids is 1. The van der Waals surface area contributed by atoms with Crippen molar-refractivity contribution in [3.63, 3.8) is 0 Å². The van der Waals surface area contributed by atoms with Gasteiger partial charge < -0.3 is 10.1 Å².